The van der Waals surface area contributed by atoms with Gasteiger partial charge in [-0.1, -0.05) is 6.07 Å². The fourth-order valence-corrected chi connectivity index (χ4v) is 1.66. The summed E-state index contributed by atoms with van der Waals surface area (Å²) in [5.41, 5.74) is 2.71. The van der Waals surface area contributed by atoms with Crippen molar-refractivity contribution >= 4 is 5.69 Å². The molecule has 5 heteroatoms. The SMILES string of the molecule is Cc1ccc(C#N)cc1NCc1nnc(C)n1C. The molecule has 0 saturated heterocycles. The van der Waals surface area contributed by atoms with Gasteiger partial charge in [0.1, 0.15) is 5.82 Å². The van der Waals surface area contributed by atoms with Gasteiger partial charge in [-0.3, -0.25) is 0 Å². The van der Waals surface area contributed by atoms with Crippen LogP contribution < -0.4 is 5.32 Å². The predicted octanol–water partition coefficient (Wildman–Crippen LogP) is 1.92. The lowest BCUT2D eigenvalue weighted by molar-refractivity contribution is 0.789. The summed E-state index contributed by atoms with van der Waals surface area (Å²) >= 11 is 0. The van der Waals surface area contributed by atoms with Crippen molar-refractivity contribution in [3.8, 4) is 6.07 Å². The highest BCUT2D eigenvalue weighted by Crippen LogP contribution is 2.17. The first-order valence-corrected chi connectivity index (χ1v) is 5.71. The third-order valence-electron chi connectivity index (χ3n) is 2.99. The van der Waals surface area contributed by atoms with Gasteiger partial charge < -0.3 is 9.88 Å². The first-order valence-electron chi connectivity index (χ1n) is 5.71. The predicted molar refractivity (Wildman–Crippen MR) is 69.0 cm³/mol. The van der Waals surface area contributed by atoms with Crippen LogP contribution in [0, 0.1) is 25.2 Å². The van der Waals surface area contributed by atoms with Crippen molar-refractivity contribution in [2.24, 2.45) is 7.05 Å². The largest absolute Gasteiger partial charge is 0.377 e. The van der Waals surface area contributed by atoms with Crippen LogP contribution in [0.2, 0.25) is 0 Å². The lowest BCUT2D eigenvalue weighted by Crippen LogP contribution is -2.07. The van der Waals surface area contributed by atoms with E-state index in [-0.39, 0.29) is 0 Å². The van der Waals surface area contributed by atoms with Crippen LogP contribution >= 0.6 is 0 Å². The topological polar surface area (TPSA) is 66.5 Å². The molecule has 0 amide bonds. The van der Waals surface area contributed by atoms with Gasteiger partial charge in [0, 0.05) is 12.7 Å². The normalized spacial score (nSPS) is 10.1. The Bertz CT molecular complexity index is 606. The van der Waals surface area contributed by atoms with Crippen molar-refractivity contribution in [2.45, 2.75) is 20.4 Å². The van der Waals surface area contributed by atoms with Gasteiger partial charge in [-0.05, 0) is 31.5 Å². The average Bonchev–Trinajstić information content (AvgIpc) is 2.69. The second-order valence-electron chi connectivity index (χ2n) is 4.22. The second-order valence-corrected chi connectivity index (χ2v) is 4.22. The van der Waals surface area contributed by atoms with Crippen molar-refractivity contribution in [3.63, 3.8) is 0 Å². The Morgan fingerprint density at radius 2 is 2.11 bits per heavy atom. The fourth-order valence-electron chi connectivity index (χ4n) is 1.66. The number of benzene rings is 1. The van der Waals surface area contributed by atoms with Crippen LogP contribution in [0.25, 0.3) is 0 Å². The Morgan fingerprint density at radius 1 is 1.33 bits per heavy atom. The van der Waals surface area contributed by atoms with E-state index >= 15 is 0 Å². The highest BCUT2D eigenvalue weighted by Gasteiger charge is 2.05. The molecule has 18 heavy (non-hydrogen) atoms. The highest BCUT2D eigenvalue weighted by atomic mass is 15.3. The zero-order chi connectivity index (χ0) is 13.1. The molecule has 0 fully saturated rings. The average molecular weight is 241 g/mol. The van der Waals surface area contributed by atoms with Crippen LogP contribution in [0.5, 0.6) is 0 Å². The van der Waals surface area contributed by atoms with Gasteiger partial charge in [0.15, 0.2) is 5.82 Å². The van der Waals surface area contributed by atoms with Crippen LogP contribution in [0.3, 0.4) is 0 Å². The molecule has 0 aliphatic heterocycles. The number of rotatable bonds is 3. The van der Waals surface area contributed by atoms with E-state index in [1.165, 1.54) is 0 Å². The van der Waals surface area contributed by atoms with Crippen molar-refractivity contribution in [2.75, 3.05) is 5.32 Å². The number of hydrogen-bond donors (Lipinski definition) is 1. The number of anilines is 1. The number of aryl methyl sites for hydroxylation is 2. The zero-order valence-corrected chi connectivity index (χ0v) is 10.7. The van der Waals surface area contributed by atoms with E-state index in [0.717, 1.165) is 22.9 Å². The lowest BCUT2D eigenvalue weighted by atomic mass is 10.1. The number of nitrogens with one attached hydrogen (secondary N) is 1. The molecule has 0 atom stereocenters. The summed E-state index contributed by atoms with van der Waals surface area (Å²) in [5.74, 6) is 1.75. The van der Waals surface area contributed by atoms with Crippen LogP contribution in [-0.2, 0) is 13.6 Å². The molecule has 2 aromatic rings. The Morgan fingerprint density at radius 3 is 2.72 bits per heavy atom. The monoisotopic (exact) mass is 241 g/mol. The van der Waals surface area contributed by atoms with Crippen molar-refractivity contribution in [1.29, 1.82) is 5.26 Å². The maximum Gasteiger partial charge on any atom is 0.152 e. The number of hydrogen-bond acceptors (Lipinski definition) is 4. The molecule has 0 radical (unpaired) electrons. The smallest absolute Gasteiger partial charge is 0.152 e. The second kappa shape index (κ2) is 4.88. The molecule has 5 nitrogen and oxygen atoms in total. The number of aromatic nitrogens is 3. The van der Waals surface area contributed by atoms with Gasteiger partial charge >= 0.3 is 0 Å². The molecule has 1 aromatic carbocycles. The van der Waals surface area contributed by atoms with E-state index in [9.17, 15) is 0 Å². The Kier molecular flexibility index (Phi) is 3.28. The van der Waals surface area contributed by atoms with E-state index in [2.05, 4.69) is 21.6 Å². The molecular formula is C13H15N5. The molecule has 1 N–H and O–H groups in total. The Balaban J connectivity index is 2.15. The van der Waals surface area contributed by atoms with E-state index in [4.69, 9.17) is 5.26 Å². The third kappa shape index (κ3) is 2.33. The molecule has 1 aromatic heterocycles. The molecule has 2 rings (SSSR count). The summed E-state index contributed by atoms with van der Waals surface area (Å²) in [6, 6.07) is 7.73. The summed E-state index contributed by atoms with van der Waals surface area (Å²) in [7, 11) is 1.94. The number of nitrogens with zero attached hydrogens (tertiary/aromatic N) is 4. The minimum atomic E-state index is 0.590. The summed E-state index contributed by atoms with van der Waals surface area (Å²) in [6.45, 7) is 4.51. The maximum atomic E-state index is 8.88. The first-order chi connectivity index (χ1) is 8.61. The molecule has 0 aliphatic carbocycles. The minimum Gasteiger partial charge on any atom is -0.377 e. The van der Waals surface area contributed by atoms with Crippen molar-refractivity contribution < 1.29 is 0 Å². The van der Waals surface area contributed by atoms with Gasteiger partial charge in [-0.25, -0.2) is 0 Å². The summed E-state index contributed by atoms with van der Waals surface area (Å²) < 4.78 is 1.94. The lowest BCUT2D eigenvalue weighted by Gasteiger charge is -2.09. The van der Waals surface area contributed by atoms with Gasteiger partial charge in [-0.2, -0.15) is 5.26 Å². The molecule has 92 valence electrons. The first kappa shape index (κ1) is 12.1. The van der Waals surface area contributed by atoms with Crippen LogP contribution in [0.15, 0.2) is 18.2 Å². The van der Waals surface area contributed by atoms with Crippen LogP contribution in [-0.4, -0.2) is 14.8 Å². The molecule has 1 heterocycles. The molecule has 0 unspecified atom stereocenters. The van der Waals surface area contributed by atoms with E-state index in [1.807, 2.05) is 43.7 Å². The molecule has 0 spiro atoms. The van der Waals surface area contributed by atoms with Crippen LogP contribution in [0.4, 0.5) is 5.69 Å². The van der Waals surface area contributed by atoms with Gasteiger partial charge in [0.2, 0.25) is 0 Å². The molecular weight excluding hydrogens is 226 g/mol. The highest BCUT2D eigenvalue weighted by molar-refractivity contribution is 5.55. The summed E-state index contributed by atoms with van der Waals surface area (Å²) in [4.78, 5) is 0. The number of nitriles is 1. The fraction of sp³-hybridized carbons (Fsp3) is 0.308. The van der Waals surface area contributed by atoms with E-state index in [0.29, 0.717) is 12.1 Å². The summed E-state index contributed by atoms with van der Waals surface area (Å²) in [6.07, 6.45) is 0. The Labute approximate surface area is 106 Å². The maximum absolute atomic E-state index is 8.88. The van der Waals surface area contributed by atoms with Crippen LogP contribution in [0.1, 0.15) is 22.8 Å². The molecule has 0 saturated carbocycles. The Hall–Kier alpha value is -2.35. The standard InChI is InChI=1S/C13H15N5/c1-9-4-5-11(7-14)6-12(9)15-8-13-17-16-10(2)18(13)3/h4-6,15H,8H2,1-3H3. The molecule has 0 bridgehead atoms. The quantitative estimate of drug-likeness (QED) is 0.891. The minimum absolute atomic E-state index is 0.590. The summed E-state index contributed by atoms with van der Waals surface area (Å²) in [5, 5.41) is 20.3. The van der Waals surface area contributed by atoms with Gasteiger partial charge in [0.05, 0.1) is 18.2 Å². The van der Waals surface area contributed by atoms with E-state index < -0.39 is 0 Å². The molecule has 0 aliphatic rings. The van der Waals surface area contributed by atoms with Gasteiger partial charge in [0.25, 0.3) is 0 Å². The third-order valence-corrected chi connectivity index (χ3v) is 2.99. The van der Waals surface area contributed by atoms with Crippen molar-refractivity contribution in [1.82, 2.24) is 14.8 Å². The van der Waals surface area contributed by atoms with Crippen molar-refractivity contribution in [3.05, 3.63) is 41.0 Å². The van der Waals surface area contributed by atoms with Gasteiger partial charge in [-0.15, -0.1) is 10.2 Å². The zero-order valence-electron chi connectivity index (χ0n) is 10.7. The van der Waals surface area contributed by atoms with E-state index in [1.54, 1.807) is 0 Å².